The Kier molecular flexibility index (Phi) is 6.03. The highest BCUT2D eigenvalue weighted by molar-refractivity contribution is 7.26. The maximum absolute atomic E-state index is 15.7. The van der Waals surface area contributed by atoms with Crippen molar-refractivity contribution in [3.05, 3.63) is 170 Å². The van der Waals surface area contributed by atoms with Crippen LogP contribution in [0.5, 0.6) is 0 Å². The molecule has 0 aliphatic rings. The average molecular weight is 631 g/mol. The summed E-state index contributed by atoms with van der Waals surface area (Å²) in [5.41, 5.74) is 7.20. The zero-order valence-corrected chi connectivity index (χ0v) is 26.7. The minimum Gasteiger partial charge on any atom is -0.206 e. The highest BCUT2D eigenvalue weighted by atomic mass is 32.1. The zero-order chi connectivity index (χ0) is 31.8. The lowest BCUT2D eigenvalue weighted by Crippen LogP contribution is -1.91. The van der Waals surface area contributed by atoms with Gasteiger partial charge in [-0.15, -0.1) is 11.3 Å². The van der Waals surface area contributed by atoms with Crippen LogP contribution in [0, 0.1) is 5.82 Å². The molecule has 0 spiro atoms. The van der Waals surface area contributed by atoms with Crippen LogP contribution in [0.4, 0.5) is 4.39 Å². The number of thiophene rings is 1. The average Bonchev–Trinajstić information content (AvgIpc) is 3.53. The molecule has 0 bridgehead atoms. The molecule has 1 heterocycles. The van der Waals surface area contributed by atoms with E-state index in [2.05, 4.69) is 115 Å². The van der Waals surface area contributed by atoms with E-state index in [0.29, 0.717) is 10.8 Å². The third kappa shape index (κ3) is 3.93. The lowest BCUT2D eigenvalue weighted by molar-refractivity contribution is 0.651. The van der Waals surface area contributed by atoms with Gasteiger partial charge in [0.25, 0.3) is 0 Å². The van der Waals surface area contributed by atoms with E-state index in [1.807, 2.05) is 59.9 Å². The third-order valence-electron chi connectivity index (χ3n) is 9.91. The van der Waals surface area contributed by atoms with Crippen molar-refractivity contribution in [1.29, 1.82) is 0 Å². The SMILES string of the molecule is Fc1c2ccccc2c(-c2ccc3c(c2)sc2cccc(-c4c5ccccc5c(-c5ccccc5)c5ccccc45)c23)c2ccccc12. The second kappa shape index (κ2) is 10.6. The third-order valence-corrected chi connectivity index (χ3v) is 11.0. The molecule has 0 aliphatic heterocycles. The molecule has 2 heteroatoms. The summed E-state index contributed by atoms with van der Waals surface area (Å²) in [4.78, 5) is 0. The van der Waals surface area contributed by atoms with E-state index in [1.165, 1.54) is 64.0 Å². The van der Waals surface area contributed by atoms with E-state index in [0.717, 1.165) is 21.9 Å². The Balaban J connectivity index is 1.27. The van der Waals surface area contributed by atoms with Gasteiger partial charge in [-0.2, -0.15) is 0 Å². The Labute approximate surface area is 280 Å². The molecule has 0 aliphatic carbocycles. The first kappa shape index (κ1) is 27.3. The fourth-order valence-corrected chi connectivity index (χ4v) is 9.08. The van der Waals surface area contributed by atoms with Gasteiger partial charge < -0.3 is 0 Å². The monoisotopic (exact) mass is 630 g/mol. The highest BCUT2D eigenvalue weighted by Gasteiger charge is 2.21. The van der Waals surface area contributed by atoms with Crippen molar-refractivity contribution < 1.29 is 4.39 Å². The molecule has 0 saturated heterocycles. The van der Waals surface area contributed by atoms with Gasteiger partial charge in [0.2, 0.25) is 0 Å². The van der Waals surface area contributed by atoms with Crippen LogP contribution in [0.3, 0.4) is 0 Å². The lowest BCUT2D eigenvalue weighted by atomic mass is 9.85. The normalized spacial score (nSPS) is 11.9. The summed E-state index contributed by atoms with van der Waals surface area (Å²) in [6, 6.07) is 57.7. The van der Waals surface area contributed by atoms with E-state index in [9.17, 15) is 0 Å². The van der Waals surface area contributed by atoms with Crippen LogP contribution in [0.2, 0.25) is 0 Å². The van der Waals surface area contributed by atoms with Gasteiger partial charge in [-0.1, -0.05) is 152 Å². The molecular formula is C46H27FS. The van der Waals surface area contributed by atoms with Crippen molar-refractivity contribution >= 4 is 74.6 Å². The lowest BCUT2D eigenvalue weighted by Gasteiger charge is -2.18. The van der Waals surface area contributed by atoms with E-state index in [4.69, 9.17) is 0 Å². The fourth-order valence-electron chi connectivity index (χ4n) is 7.91. The summed E-state index contributed by atoms with van der Waals surface area (Å²) in [6.07, 6.45) is 0. The molecule has 0 saturated carbocycles. The number of fused-ring (bicyclic) bond motifs is 7. The molecule has 0 unspecified atom stereocenters. The van der Waals surface area contributed by atoms with E-state index in [1.54, 1.807) is 0 Å². The zero-order valence-electron chi connectivity index (χ0n) is 25.9. The molecular weight excluding hydrogens is 604 g/mol. The van der Waals surface area contributed by atoms with Crippen LogP contribution in [0.25, 0.3) is 96.6 Å². The van der Waals surface area contributed by atoms with Crippen molar-refractivity contribution in [2.45, 2.75) is 0 Å². The number of rotatable bonds is 3. The van der Waals surface area contributed by atoms with E-state index in [-0.39, 0.29) is 5.82 Å². The molecule has 0 radical (unpaired) electrons. The fraction of sp³-hybridized carbons (Fsp3) is 0. The molecule has 0 fully saturated rings. The smallest absolute Gasteiger partial charge is 0.138 e. The van der Waals surface area contributed by atoms with Gasteiger partial charge in [-0.3, -0.25) is 0 Å². The minimum atomic E-state index is -0.157. The van der Waals surface area contributed by atoms with Crippen LogP contribution in [-0.2, 0) is 0 Å². The number of hydrogen-bond acceptors (Lipinski definition) is 1. The van der Waals surface area contributed by atoms with Crippen molar-refractivity contribution in [3.63, 3.8) is 0 Å². The van der Waals surface area contributed by atoms with Gasteiger partial charge >= 0.3 is 0 Å². The maximum Gasteiger partial charge on any atom is 0.138 e. The first-order valence-electron chi connectivity index (χ1n) is 16.3. The molecule has 0 atom stereocenters. The molecule has 0 nitrogen and oxygen atoms in total. The Bertz CT molecular complexity index is 2780. The van der Waals surface area contributed by atoms with Gasteiger partial charge in [-0.05, 0) is 77.8 Å². The summed E-state index contributed by atoms with van der Waals surface area (Å²) in [6.45, 7) is 0. The Morgan fingerprint density at radius 3 is 1.40 bits per heavy atom. The molecule has 224 valence electrons. The first-order valence-corrected chi connectivity index (χ1v) is 17.1. The van der Waals surface area contributed by atoms with Crippen molar-refractivity contribution in [3.8, 4) is 33.4 Å². The van der Waals surface area contributed by atoms with Crippen molar-refractivity contribution in [2.24, 2.45) is 0 Å². The molecule has 9 aromatic carbocycles. The predicted molar refractivity (Wildman–Crippen MR) is 206 cm³/mol. The Morgan fingerprint density at radius 1 is 0.333 bits per heavy atom. The molecule has 1 aromatic heterocycles. The second-order valence-corrected chi connectivity index (χ2v) is 13.6. The summed E-state index contributed by atoms with van der Waals surface area (Å²) < 4.78 is 18.2. The largest absolute Gasteiger partial charge is 0.206 e. The maximum atomic E-state index is 15.7. The molecule has 10 rings (SSSR count). The second-order valence-electron chi connectivity index (χ2n) is 12.5. The molecule has 10 aromatic rings. The minimum absolute atomic E-state index is 0.157. The number of benzene rings is 9. The molecule has 0 N–H and O–H groups in total. The van der Waals surface area contributed by atoms with Gasteiger partial charge in [0.05, 0.1) is 0 Å². The number of hydrogen-bond donors (Lipinski definition) is 0. The standard InChI is InChI=1S/C46H27FS/c47-46-36-21-10-8-19-34(36)43(35-20-9-11-22-37(35)46)29-25-26-38-41(27-29)48-40-24-12-23-39(45(38)40)44-32-17-6-4-15-30(32)42(28-13-2-1-3-14-28)31-16-5-7-18-33(31)44/h1-27H. The van der Waals surface area contributed by atoms with Gasteiger partial charge in [-0.25, -0.2) is 4.39 Å². The highest BCUT2D eigenvalue weighted by Crippen LogP contribution is 2.49. The first-order chi connectivity index (χ1) is 23.8. The van der Waals surface area contributed by atoms with Crippen LogP contribution in [0.15, 0.2) is 164 Å². The van der Waals surface area contributed by atoms with Crippen LogP contribution in [-0.4, -0.2) is 0 Å². The van der Waals surface area contributed by atoms with E-state index < -0.39 is 0 Å². The van der Waals surface area contributed by atoms with Crippen molar-refractivity contribution in [1.82, 2.24) is 0 Å². The Morgan fingerprint density at radius 2 is 0.812 bits per heavy atom. The van der Waals surface area contributed by atoms with Crippen LogP contribution < -0.4 is 0 Å². The van der Waals surface area contributed by atoms with Crippen LogP contribution in [0.1, 0.15) is 0 Å². The summed E-state index contributed by atoms with van der Waals surface area (Å²) >= 11 is 1.83. The van der Waals surface area contributed by atoms with Crippen molar-refractivity contribution in [2.75, 3.05) is 0 Å². The van der Waals surface area contributed by atoms with Gasteiger partial charge in [0.1, 0.15) is 5.82 Å². The van der Waals surface area contributed by atoms with Gasteiger partial charge in [0.15, 0.2) is 0 Å². The number of halogens is 1. The quantitative estimate of drug-likeness (QED) is 0.170. The van der Waals surface area contributed by atoms with E-state index >= 15 is 4.39 Å². The summed E-state index contributed by atoms with van der Waals surface area (Å²) in [7, 11) is 0. The predicted octanol–water partition coefficient (Wildman–Crippen LogP) is 13.8. The molecule has 0 amide bonds. The Hall–Kier alpha value is -5.83. The van der Waals surface area contributed by atoms with Gasteiger partial charge in [0, 0.05) is 30.9 Å². The topological polar surface area (TPSA) is 0 Å². The summed E-state index contributed by atoms with van der Waals surface area (Å²) in [5, 5.41) is 10.7. The van der Waals surface area contributed by atoms with Crippen LogP contribution >= 0.6 is 11.3 Å². The molecule has 48 heavy (non-hydrogen) atoms. The summed E-state index contributed by atoms with van der Waals surface area (Å²) in [5.74, 6) is -0.157.